The molecule has 5 nitrogen and oxygen atoms in total. The van der Waals surface area contributed by atoms with E-state index in [0.717, 1.165) is 0 Å². The van der Waals surface area contributed by atoms with Gasteiger partial charge in [-0.15, -0.1) is 5.54 Å². The van der Waals surface area contributed by atoms with Crippen LogP contribution in [0.15, 0.2) is 0 Å². The molecule has 29 heavy (non-hydrogen) atoms. The van der Waals surface area contributed by atoms with Crippen LogP contribution >= 0.6 is 0 Å². The molecule has 0 saturated heterocycles. The highest BCUT2D eigenvalue weighted by Crippen LogP contribution is 2.40. The molecule has 6 heteroatoms. The third-order valence-corrected chi connectivity index (χ3v) is 11.5. The van der Waals surface area contributed by atoms with Crippen LogP contribution in [0.5, 0.6) is 0 Å². The second kappa shape index (κ2) is 11.6. The molecule has 0 aliphatic carbocycles. The zero-order valence-electron chi connectivity index (χ0n) is 19.9. The summed E-state index contributed by atoms with van der Waals surface area (Å²) in [5.74, 6) is 8.84. The van der Waals surface area contributed by atoms with Gasteiger partial charge in [-0.3, -0.25) is 0 Å². The van der Waals surface area contributed by atoms with Crippen LogP contribution < -0.4 is 5.32 Å². The summed E-state index contributed by atoms with van der Waals surface area (Å²) in [6, 6.07) is -0.669. The second-order valence-corrected chi connectivity index (χ2v) is 15.2. The molecule has 3 N–H and O–H groups in total. The Morgan fingerprint density at radius 1 is 0.966 bits per heavy atom. The number of hydrogen-bond donors (Lipinski definition) is 3. The van der Waals surface area contributed by atoms with E-state index in [9.17, 15) is 15.0 Å². The summed E-state index contributed by atoms with van der Waals surface area (Å²) in [4.78, 5) is 12.1. The maximum atomic E-state index is 12.1. The first-order valence-corrected chi connectivity index (χ1v) is 12.7. The highest BCUT2D eigenvalue weighted by atomic mass is 28.3. The lowest BCUT2D eigenvalue weighted by atomic mass is 10.1. The van der Waals surface area contributed by atoms with Crippen molar-refractivity contribution < 1.29 is 19.7 Å². The third kappa shape index (κ3) is 9.25. The van der Waals surface area contributed by atoms with Crippen LogP contribution in [-0.4, -0.2) is 48.2 Å². The minimum atomic E-state index is -1.88. The van der Waals surface area contributed by atoms with Crippen LogP contribution in [0.2, 0.25) is 16.6 Å². The quantitative estimate of drug-likeness (QED) is 0.423. The number of ether oxygens (including phenoxy) is 1. The predicted molar refractivity (Wildman–Crippen MR) is 122 cm³/mol. The molecule has 0 radical (unpaired) electrons. The minimum Gasteiger partial charge on any atom is -0.444 e. The van der Waals surface area contributed by atoms with Gasteiger partial charge in [0.05, 0.1) is 18.2 Å². The van der Waals surface area contributed by atoms with Crippen molar-refractivity contribution >= 4 is 14.2 Å². The predicted octanol–water partition coefficient (Wildman–Crippen LogP) is 4.24. The van der Waals surface area contributed by atoms with Crippen molar-refractivity contribution in [1.82, 2.24) is 5.32 Å². The fraction of sp³-hybridized carbons (Fsp3) is 0.783. The van der Waals surface area contributed by atoms with Crippen LogP contribution in [0.1, 0.15) is 75.7 Å². The van der Waals surface area contributed by atoms with Gasteiger partial charge in [-0.2, -0.15) is 0 Å². The van der Waals surface area contributed by atoms with Gasteiger partial charge in [-0.25, -0.2) is 4.79 Å². The van der Waals surface area contributed by atoms with E-state index in [1.54, 1.807) is 20.8 Å². The standard InChI is InChI=1S/C23H41NO4Si/c1-16(2)29(17(3)4,18(5)6)14-12-11-13-20(15-21(26)19(7)25)24-22(27)28-23(8,9)10/h16-21,25-26H,15H2,1-10H3,(H,24,27)/t19-,20+,21-/m1/s1. The highest BCUT2D eigenvalue weighted by Gasteiger charge is 2.41. The van der Waals surface area contributed by atoms with Gasteiger partial charge in [0.25, 0.3) is 0 Å². The normalized spacial score (nSPS) is 15.1. The summed E-state index contributed by atoms with van der Waals surface area (Å²) >= 11 is 0. The smallest absolute Gasteiger partial charge is 0.408 e. The lowest BCUT2D eigenvalue weighted by molar-refractivity contribution is 0.0200. The van der Waals surface area contributed by atoms with Crippen LogP contribution in [0.4, 0.5) is 4.79 Å². The van der Waals surface area contributed by atoms with E-state index in [-0.39, 0.29) is 6.42 Å². The Hall–Kier alpha value is -1.47. The van der Waals surface area contributed by atoms with E-state index in [4.69, 9.17) is 4.74 Å². The molecule has 0 saturated carbocycles. The summed E-state index contributed by atoms with van der Waals surface area (Å²) < 4.78 is 5.27. The number of rotatable bonds is 7. The van der Waals surface area contributed by atoms with Crippen LogP contribution in [0, 0.1) is 23.3 Å². The van der Waals surface area contributed by atoms with Gasteiger partial charge in [0.2, 0.25) is 0 Å². The van der Waals surface area contributed by atoms with Crippen LogP contribution in [0.25, 0.3) is 0 Å². The van der Waals surface area contributed by atoms with Crippen LogP contribution in [-0.2, 0) is 4.74 Å². The van der Waals surface area contributed by atoms with Crippen molar-refractivity contribution in [3.63, 3.8) is 0 Å². The first-order chi connectivity index (χ1) is 13.1. The lowest BCUT2D eigenvalue weighted by Gasteiger charge is -2.37. The second-order valence-electron chi connectivity index (χ2n) is 9.66. The number of carbonyl (C=O) groups is 1. The number of carbonyl (C=O) groups excluding carboxylic acids is 1. The summed E-state index contributed by atoms with van der Waals surface area (Å²) in [5.41, 5.74) is 4.39. The monoisotopic (exact) mass is 423 g/mol. The van der Waals surface area contributed by atoms with Crippen molar-refractivity contribution in [2.24, 2.45) is 0 Å². The number of aliphatic hydroxyl groups excluding tert-OH is 2. The molecule has 0 spiro atoms. The van der Waals surface area contributed by atoms with Gasteiger partial charge >= 0.3 is 6.09 Å². The van der Waals surface area contributed by atoms with Gasteiger partial charge in [-0.1, -0.05) is 47.5 Å². The number of nitrogens with one attached hydrogen (secondary N) is 1. The summed E-state index contributed by atoms with van der Waals surface area (Å²) in [5, 5.41) is 22.3. The lowest BCUT2D eigenvalue weighted by Crippen LogP contribution is -2.43. The number of hydrogen-bond acceptors (Lipinski definition) is 4. The van der Waals surface area contributed by atoms with E-state index in [2.05, 4.69) is 70.2 Å². The largest absolute Gasteiger partial charge is 0.444 e. The maximum absolute atomic E-state index is 12.1. The summed E-state index contributed by atoms with van der Waals surface area (Å²) in [7, 11) is -1.88. The van der Waals surface area contributed by atoms with Gasteiger partial charge in [-0.05, 0) is 56.2 Å². The van der Waals surface area contributed by atoms with Crippen molar-refractivity contribution in [1.29, 1.82) is 0 Å². The number of alkyl carbamates (subject to hydrolysis) is 1. The molecule has 0 aliphatic heterocycles. The summed E-state index contributed by atoms with van der Waals surface area (Å²) in [6.45, 7) is 20.2. The Labute approximate surface area is 179 Å². The maximum Gasteiger partial charge on any atom is 0.408 e. The molecule has 0 unspecified atom stereocenters. The van der Waals surface area contributed by atoms with Gasteiger partial charge in [0.15, 0.2) is 0 Å². The SMILES string of the molecule is CC(C)[Si](C#CC#C[C@@H](C[C@@H](O)[C@@H](C)O)NC(=O)OC(C)(C)C)(C(C)C)C(C)C. The Morgan fingerprint density at radius 2 is 1.45 bits per heavy atom. The minimum absolute atomic E-state index is 0.0900. The van der Waals surface area contributed by atoms with Crippen molar-refractivity contribution in [3.05, 3.63) is 0 Å². The van der Waals surface area contributed by atoms with E-state index in [1.807, 2.05) is 0 Å². The average molecular weight is 424 g/mol. The molecule has 0 fully saturated rings. The highest BCUT2D eigenvalue weighted by molar-refractivity contribution is 6.90. The number of amides is 1. The Morgan fingerprint density at radius 3 is 1.83 bits per heavy atom. The van der Waals surface area contributed by atoms with Crippen molar-refractivity contribution in [3.8, 4) is 23.3 Å². The van der Waals surface area contributed by atoms with Gasteiger partial charge < -0.3 is 20.3 Å². The fourth-order valence-electron chi connectivity index (χ4n) is 3.74. The Balaban J connectivity index is 5.65. The molecule has 0 aliphatic rings. The first kappa shape index (κ1) is 27.5. The van der Waals surface area contributed by atoms with Gasteiger partial charge in [0.1, 0.15) is 13.7 Å². The molecule has 0 heterocycles. The molecular weight excluding hydrogens is 382 g/mol. The molecular formula is C23H41NO4Si. The molecule has 0 aromatic rings. The molecule has 166 valence electrons. The van der Waals surface area contributed by atoms with Crippen molar-refractivity contribution in [2.75, 3.05) is 0 Å². The molecule has 0 rings (SSSR count). The Bertz CT molecular complexity index is 620. The third-order valence-electron chi connectivity index (χ3n) is 5.18. The Kier molecular flexibility index (Phi) is 11.1. The molecule has 0 aromatic carbocycles. The molecule has 0 bridgehead atoms. The van der Waals surface area contributed by atoms with Gasteiger partial charge in [0, 0.05) is 6.42 Å². The van der Waals surface area contributed by atoms with Crippen molar-refractivity contribution in [2.45, 2.75) is 116 Å². The van der Waals surface area contributed by atoms with E-state index in [0.29, 0.717) is 16.6 Å². The van der Waals surface area contributed by atoms with Crippen LogP contribution in [0.3, 0.4) is 0 Å². The van der Waals surface area contributed by atoms with E-state index in [1.165, 1.54) is 6.92 Å². The van der Waals surface area contributed by atoms with E-state index >= 15 is 0 Å². The fourth-order valence-corrected chi connectivity index (χ4v) is 8.88. The number of aliphatic hydroxyl groups is 2. The molecule has 1 amide bonds. The topological polar surface area (TPSA) is 78.8 Å². The molecule has 0 aromatic heterocycles. The van der Waals surface area contributed by atoms with E-state index < -0.39 is 38.0 Å². The summed E-state index contributed by atoms with van der Waals surface area (Å²) in [6.07, 6.45) is -2.45. The zero-order valence-corrected chi connectivity index (χ0v) is 20.9. The molecule has 3 atom stereocenters. The average Bonchev–Trinajstić information content (AvgIpc) is 2.51. The zero-order chi connectivity index (χ0) is 23.0. The first-order valence-electron chi connectivity index (χ1n) is 10.5.